The fourth-order valence-corrected chi connectivity index (χ4v) is 4.73. The van der Waals surface area contributed by atoms with Crippen LogP contribution in [0, 0.1) is 17.6 Å². The molecule has 0 fully saturated rings. The molecule has 0 spiro atoms. The highest BCUT2D eigenvalue weighted by atomic mass is 19.1. The van der Waals surface area contributed by atoms with Crippen molar-refractivity contribution >= 4 is 11.8 Å². The van der Waals surface area contributed by atoms with Crippen molar-refractivity contribution in [2.45, 2.75) is 19.0 Å². The molecule has 2 atom stereocenters. The average Bonchev–Trinajstić information content (AvgIpc) is 3.66. The quantitative estimate of drug-likeness (QED) is 0.320. The van der Waals surface area contributed by atoms with Crippen LogP contribution in [0.3, 0.4) is 0 Å². The summed E-state index contributed by atoms with van der Waals surface area (Å²) in [5, 5.41) is 21.3. The van der Waals surface area contributed by atoms with Gasteiger partial charge in [-0.15, -0.1) is 0 Å². The average molecular weight is 514 g/mol. The van der Waals surface area contributed by atoms with Crippen molar-refractivity contribution in [3.63, 3.8) is 0 Å². The minimum Gasteiger partial charge on any atom is -0.481 e. The molecule has 2 N–H and O–H groups in total. The van der Waals surface area contributed by atoms with E-state index in [-0.39, 0.29) is 24.0 Å². The molecule has 0 aliphatic heterocycles. The number of nitrogens with one attached hydrogen (secondary N) is 1. The Kier molecular flexibility index (Phi) is 5.87. The maximum atomic E-state index is 14.9. The Morgan fingerprint density at radius 1 is 1.08 bits per heavy atom. The second kappa shape index (κ2) is 9.51. The molecule has 1 aliphatic carbocycles. The Morgan fingerprint density at radius 2 is 1.89 bits per heavy atom. The molecule has 0 bridgehead atoms. The monoisotopic (exact) mass is 514 g/mol. The Hall–Kier alpha value is -4.93. The van der Waals surface area contributed by atoms with Crippen LogP contribution in [0.15, 0.2) is 77.6 Å². The van der Waals surface area contributed by atoms with E-state index in [1.807, 2.05) is 24.3 Å². The summed E-state index contributed by atoms with van der Waals surface area (Å²) in [4.78, 5) is 20.4. The number of fused-ring (bicyclic) bond motifs is 1. The molecule has 6 rings (SSSR count). The number of carbonyl (C=O) groups is 1. The Labute approximate surface area is 214 Å². The van der Waals surface area contributed by atoms with Crippen LogP contribution >= 0.6 is 0 Å². The smallest absolute Gasteiger partial charge is 0.309 e. The van der Waals surface area contributed by atoms with Crippen molar-refractivity contribution in [2.75, 3.05) is 5.32 Å². The fourth-order valence-electron chi connectivity index (χ4n) is 4.73. The van der Waals surface area contributed by atoms with Crippen LogP contribution < -0.4 is 5.32 Å². The lowest BCUT2D eigenvalue weighted by Crippen LogP contribution is -2.25. The fraction of sp³-hybridized carbons (Fsp3) is 0.148. The first-order valence-corrected chi connectivity index (χ1v) is 11.8. The van der Waals surface area contributed by atoms with Crippen LogP contribution in [-0.2, 0) is 17.8 Å². The molecular formula is C27H20F2N6O3. The third-order valence-corrected chi connectivity index (χ3v) is 6.57. The summed E-state index contributed by atoms with van der Waals surface area (Å²) in [5.41, 5.74) is 3.36. The zero-order chi connectivity index (χ0) is 26.2. The van der Waals surface area contributed by atoms with Gasteiger partial charge in [-0.2, -0.15) is 5.10 Å². The summed E-state index contributed by atoms with van der Waals surface area (Å²) in [6, 6.07) is 16.3. The SMILES string of the molecule is O=C(O)[C@@H]1Cc2ccccc2[C@@H]1Nc1nc(-c2cc(-c3ccon3)n(Cc3ccccc3F)n2)ncc1F. The number of anilines is 1. The van der Waals surface area contributed by atoms with Crippen LogP contribution in [0.25, 0.3) is 22.9 Å². The topological polar surface area (TPSA) is 119 Å². The van der Waals surface area contributed by atoms with Gasteiger partial charge in [0.2, 0.25) is 0 Å². The van der Waals surface area contributed by atoms with Crippen LogP contribution in [-0.4, -0.2) is 36.0 Å². The van der Waals surface area contributed by atoms with Crippen molar-refractivity contribution < 1.29 is 23.2 Å². The number of benzene rings is 2. The number of nitrogens with zero attached hydrogens (tertiary/aromatic N) is 5. The first-order chi connectivity index (χ1) is 18.5. The van der Waals surface area contributed by atoms with E-state index in [0.717, 1.165) is 17.3 Å². The molecule has 11 heteroatoms. The zero-order valence-corrected chi connectivity index (χ0v) is 19.8. The van der Waals surface area contributed by atoms with Gasteiger partial charge in [0, 0.05) is 11.6 Å². The van der Waals surface area contributed by atoms with Gasteiger partial charge in [0.1, 0.15) is 23.5 Å². The molecule has 3 aromatic heterocycles. The maximum absolute atomic E-state index is 14.9. The second-order valence-electron chi connectivity index (χ2n) is 8.91. The van der Waals surface area contributed by atoms with Crippen LogP contribution in [0.5, 0.6) is 0 Å². The lowest BCUT2D eigenvalue weighted by atomic mass is 10.0. The predicted octanol–water partition coefficient (Wildman–Crippen LogP) is 4.73. The number of aliphatic carboxylic acids is 1. The van der Waals surface area contributed by atoms with Gasteiger partial charge in [-0.25, -0.2) is 18.7 Å². The molecular weight excluding hydrogens is 494 g/mol. The largest absolute Gasteiger partial charge is 0.481 e. The third-order valence-electron chi connectivity index (χ3n) is 6.57. The van der Waals surface area contributed by atoms with Gasteiger partial charge < -0.3 is 14.9 Å². The lowest BCUT2D eigenvalue weighted by molar-refractivity contribution is -0.141. The van der Waals surface area contributed by atoms with Gasteiger partial charge >= 0.3 is 5.97 Å². The number of aromatic nitrogens is 5. The number of rotatable bonds is 7. The van der Waals surface area contributed by atoms with Gasteiger partial charge in [0.25, 0.3) is 0 Å². The van der Waals surface area contributed by atoms with Crippen molar-refractivity contribution in [3.05, 3.63) is 101 Å². The summed E-state index contributed by atoms with van der Waals surface area (Å²) in [5.74, 6) is -2.94. The molecule has 1 aliphatic rings. The van der Waals surface area contributed by atoms with E-state index in [4.69, 9.17) is 4.52 Å². The van der Waals surface area contributed by atoms with Crippen molar-refractivity contribution in [3.8, 4) is 22.9 Å². The minimum atomic E-state index is -0.988. The number of hydrogen-bond acceptors (Lipinski definition) is 7. The summed E-state index contributed by atoms with van der Waals surface area (Å²) in [7, 11) is 0. The summed E-state index contributed by atoms with van der Waals surface area (Å²) >= 11 is 0. The van der Waals surface area contributed by atoms with Gasteiger partial charge in [-0.05, 0) is 29.7 Å². The van der Waals surface area contributed by atoms with Crippen molar-refractivity contribution in [1.82, 2.24) is 24.9 Å². The number of carboxylic acid groups (broad SMARTS) is 1. The van der Waals surface area contributed by atoms with Crippen molar-refractivity contribution in [1.29, 1.82) is 0 Å². The zero-order valence-electron chi connectivity index (χ0n) is 19.8. The molecule has 9 nitrogen and oxygen atoms in total. The molecule has 2 aromatic carbocycles. The van der Waals surface area contributed by atoms with Gasteiger partial charge in [-0.3, -0.25) is 9.48 Å². The second-order valence-corrected chi connectivity index (χ2v) is 8.91. The number of hydrogen-bond donors (Lipinski definition) is 2. The maximum Gasteiger partial charge on any atom is 0.309 e. The van der Waals surface area contributed by atoms with Crippen LogP contribution in [0.1, 0.15) is 22.7 Å². The molecule has 5 aromatic rings. The van der Waals surface area contributed by atoms with Crippen molar-refractivity contribution in [2.24, 2.45) is 5.92 Å². The molecule has 0 unspecified atom stereocenters. The Morgan fingerprint density at radius 3 is 2.68 bits per heavy atom. The molecule has 0 amide bonds. The highest BCUT2D eigenvalue weighted by Gasteiger charge is 2.38. The molecule has 0 radical (unpaired) electrons. The van der Waals surface area contributed by atoms with E-state index in [2.05, 4.69) is 25.5 Å². The van der Waals surface area contributed by atoms with E-state index in [0.29, 0.717) is 29.1 Å². The molecule has 0 saturated heterocycles. The summed E-state index contributed by atoms with van der Waals surface area (Å²) in [6.45, 7) is 0.0975. The van der Waals surface area contributed by atoms with Gasteiger partial charge in [0.15, 0.2) is 17.5 Å². The molecule has 38 heavy (non-hydrogen) atoms. The van der Waals surface area contributed by atoms with Gasteiger partial charge in [-0.1, -0.05) is 47.6 Å². The highest BCUT2D eigenvalue weighted by molar-refractivity contribution is 5.74. The van der Waals surface area contributed by atoms with Gasteiger partial charge in [0.05, 0.1) is 30.4 Å². The standard InChI is InChI=1S/C27H20F2N6O3/c28-19-8-4-2-6-16(19)14-35-23(21-9-10-38-34-21)12-22(33-35)26-30-13-20(29)25(32-26)31-24-17-7-3-1-5-15(17)11-18(24)27(36)37/h1-10,12-13,18,24H,11,14H2,(H,36,37)(H,30,31,32)/t18-,24+/m1/s1. The summed E-state index contributed by atoms with van der Waals surface area (Å²) < 4.78 is 35.7. The molecule has 190 valence electrons. The Bertz CT molecular complexity index is 1640. The van der Waals surface area contributed by atoms with E-state index >= 15 is 0 Å². The normalized spacial score (nSPS) is 16.4. The van der Waals surface area contributed by atoms with E-state index in [9.17, 15) is 18.7 Å². The summed E-state index contributed by atoms with van der Waals surface area (Å²) in [6.07, 6.45) is 2.74. The minimum absolute atomic E-state index is 0.0975. The molecule has 0 saturated carbocycles. The van der Waals surface area contributed by atoms with E-state index in [1.54, 1.807) is 35.0 Å². The van der Waals surface area contributed by atoms with Crippen LogP contribution in [0.4, 0.5) is 14.6 Å². The van der Waals surface area contributed by atoms with Crippen LogP contribution in [0.2, 0.25) is 0 Å². The first-order valence-electron chi connectivity index (χ1n) is 11.8. The van der Waals surface area contributed by atoms with E-state index in [1.165, 1.54) is 12.3 Å². The number of halogens is 2. The molecule has 3 heterocycles. The van der Waals surface area contributed by atoms with E-state index < -0.39 is 23.7 Å². The Balaban J connectivity index is 1.37. The number of carboxylic acids is 1. The third kappa shape index (κ3) is 4.27. The lowest BCUT2D eigenvalue weighted by Gasteiger charge is -2.20. The first kappa shape index (κ1) is 23.5. The predicted molar refractivity (Wildman–Crippen MR) is 132 cm³/mol. The highest BCUT2D eigenvalue weighted by Crippen LogP contribution is 2.39.